The van der Waals surface area contributed by atoms with Crippen LogP contribution < -0.4 is 10.5 Å². The maximum atomic E-state index is 13.1. The molecule has 19 heavy (non-hydrogen) atoms. The lowest BCUT2D eigenvalue weighted by molar-refractivity contribution is 0.167. The molecule has 2 N–H and O–H groups in total. The smallest absolute Gasteiger partial charge is 0.282 e. The molecule has 0 amide bonds. The van der Waals surface area contributed by atoms with Gasteiger partial charge in [0.2, 0.25) is 0 Å². The molecule has 0 spiro atoms. The first-order valence-corrected chi connectivity index (χ1v) is 6.16. The third kappa shape index (κ3) is 3.56. The van der Waals surface area contributed by atoms with Crippen LogP contribution >= 0.6 is 0 Å². The maximum Gasteiger partial charge on any atom is 0.282 e. The SMILES string of the molecule is CC[C@@H](CC1COC(N)=N1)Oc1ccc(F)c(F)c1. The first-order chi connectivity index (χ1) is 9.08. The molecule has 0 fully saturated rings. The van der Waals surface area contributed by atoms with Gasteiger partial charge in [-0.1, -0.05) is 6.92 Å². The normalized spacial score (nSPS) is 19.7. The second kappa shape index (κ2) is 5.86. The van der Waals surface area contributed by atoms with Gasteiger partial charge in [-0.05, 0) is 18.6 Å². The van der Waals surface area contributed by atoms with Crippen molar-refractivity contribution in [2.75, 3.05) is 6.61 Å². The van der Waals surface area contributed by atoms with E-state index >= 15 is 0 Å². The van der Waals surface area contributed by atoms with E-state index in [0.717, 1.165) is 18.6 Å². The summed E-state index contributed by atoms with van der Waals surface area (Å²) in [5, 5.41) is 0. The minimum Gasteiger partial charge on any atom is -0.490 e. The zero-order valence-electron chi connectivity index (χ0n) is 10.6. The summed E-state index contributed by atoms with van der Waals surface area (Å²) in [5.74, 6) is -1.50. The highest BCUT2D eigenvalue weighted by Crippen LogP contribution is 2.20. The van der Waals surface area contributed by atoms with Crippen LogP contribution in [0.2, 0.25) is 0 Å². The second-order valence-corrected chi connectivity index (χ2v) is 4.39. The number of rotatable bonds is 5. The summed E-state index contributed by atoms with van der Waals surface area (Å²) in [4.78, 5) is 4.11. The Kier molecular flexibility index (Phi) is 4.19. The van der Waals surface area contributed by atoms with Crippen LogP contribution in [0, 0.1) is 11.6 Å². The molecule has 0 saturated heterocycles. The Hall–Kier alpha value is -1.85. The Morgan fingerprint density at radius 1 is 1.47 bits per heavy atom. The average Bonchev–Trinajstić information content (AvgIpc) is 2.78. The second-order valence-electron chi connectivity index (χ2n) is 4.39. The Morgan fingerprint density at radius 2 is 2.26 bits per heavy atom. The third-order valence-electron chi connectivity index (χ3n) is 2.92. The molecule has 6 heteroatoms. The summed E-state index contributed by atoms with van der Waals surface area (Å²) in [6.07, 6.45) is 1.20. The zero-order chi connectivity index (χ0) is 13.8. The summed E-state index contributed by atoms with van der Waals surface area (Å²) in [5.41, 5.74) is 5.43. The lowest BCUT2D eigenvalue weighted by Crippen LogP contribution is -2.22. The van der Waals surface area contributed by atoms with Crippen LogP contribution in [0.3, 0.4) is 0 Å². The molecule has 0 bridgehead atoms. The third-order valence-corrected chi connectivity index (χ3v) is 2.92. The molecule has 0 saturated carbocycles. The van der Waals surface area contributed by atoms with Gasteiger partial charge in [0.05, 0.1) is 6.04 Å². The zero-order valence-corrected chi connectivity index (χ0v) is 10.6. The molecule has 1 aromatic carbocycles. The predicted molar refractivity (Wildman–Crippen MR) is 67.0 cm³/mol. The summed E-state index contributed by atoms with van der Waals surface area (Å²) in [6.45, 7) is 2.39. The molecule has 4 nitrogen and oxygen atoms in total. The first-order valence-electron chi connectivity index (χ1n) is 6.16. The Labute approximate surface area is 110 Å². The van der Waals surface area contributed by atoms with Crippen molar-refractivity contribution in [1.29, 1.82) is 0 Å². The van der Waals surface area contributed by atoms with Gasteiger partial charge < -0.3 is 15.2 Å². The highest BCUT2D eigenvalue weighted by Gasteiger charge is 2.22. The van der Waals surface area contributed by atoms with Crippen LogP contribution in [0.15, 0.2) is 23.2 Å². The van der Waals surface area contributed by atoms with E-state index in [1.54, 1.807) is 0 Å². The molecular weight excluding hydrogens is 254 g/mol. The minimum atomic E-state index is -0.918. The monoisotopic (exact) mass is 270 g/mol. The van der Waals surface area contributed by atoms with Crippen LogP contribution in [0.4, 0.5) is 8.78 Å². The van der Waals surface area contributed by atoms with Gasteiger partial charge in [-0.15, -0.1) is 0 Å². The van der Waals surface area contributed by atoms with Gasteiger partial charge in [-0.25, -0.2) is 13.8 Å². The highest BCUT2D eigenvalue weighted by molar-refractivity contribution is 5.73. The largest absolute Gasteiger partial charge is 0.490 e. The molecule has 0 aliphatic carbocycles. The van der Waals surface area contributed by atoms with Crippen molar-refractivity contribution in [3.05, 3.63) is 29.8 Å². The molecule has 2 atom stereocenters. The number of hydrogen-bond acceptors (Lipinski definition) is 4. The van der Waals surface area contributed by atoms with Crippen LogP contribution in [-0.2, 0) is 4.74 Å². The molecule has 104 valence electrons. The summed E-state index contributed by atoms with van der Waals surface area (Å²) in [7, 11) is 0. The molecule has 1 aliphatic rings. The van der Waals surface area contributed by atoms with Crippen LogP contribution in [0.1, 0.15) is 19.8 Å². The molecule has 0 radical (unpaired) electrons. The fourth-order valence-corrected chi connectivity index (χ4v) is 1.90. The lowest BCUT2D eigenvalue weighted by Gasteiger charge is -2.19. The van der Waals surface area contributed by atoms with E-state index in [2.05, 4.69) is 4.99 Å². The molecule has 1 unspecified atom stereocenters. The number of nitrogens with zero attached hydrogens (tertiary/aromatic N) is 1. The van der Waals surface area contributed by atoms with E-state index in [4.69, 9.17) is 15.2 Å². The van der Waals surface area contributed by atoms with Gasteiger partial charge in [-0.2, -0.15) is 0 Å². The van der Waals surface area contributed by atoms with Crippen molar-refractivity contribution >= 4 is 6.02 Å². The van der Waals surface area contributed by atoms with Gasteiger partial charge in [-0.3, -0.25) is 0 Å². The first kappa shape index (κ1) is 13.6. The quantitative estimate of drug-likeness (QED) is 0.892. The summed E-state index contributed by atoms with van der Waals surface area (Å²) < 4.78 is 36.6. The fraction of sp³-hybridized carbons (Fsp3) is 0.462. The maximum absolute atomic E-state index is 13.1. The van der Waals surface area contributed by atoms with Gasteiger partial charge in [0, 0.05) is 12.5 Å². The van der Waals surface area contributed by atoms with E-state index in [0.29, 0.717) is 18.8 Å². The molecular formula is C13H16F2N2O2. The molecule has 2 rings (SSSR count). The fourth-order valence-electron chi connectivity index (χ4n) is 1.90. The van der Waals surface area contributed by atoms with Crippen molar-refractivity contribution in [2.45, 2.75) is 31.9 Å². The molecule has 1 heterocycles. The van der Waals surface area contributed by atoms with Gasteiger partial charge in [0.25, 0.3) is 6.02 Å². The standard InChI is InChI=1S/C13H16F2N2O2/c1-2-9(5-8-7-18-13(16)17-8)19-10-3-4-11(14)12(15)6-10/h3-4,6,8-9H,2,5,7H2,1H3,(H2,16,17)/t8?,9-/m0/s1. The minimum absolute atomic E-state index is 0.0461. The van der Waals surface area contributed by atoms with E-state index in [1.807, 2.05) is 6.92 Å². The van der Waals surface area contributed by atoms with E-state index in [9.17, 15) is 8.78 Å². The molecule has 1 aliphatic heterocycles. The highest BCUT2D eigenvalue weighted by atomic mass is 19.2. The van der Waals surface area contributed by atoms with Crippen molar-refractivity contribution in [1.82, 2.24) is 0 Å². The van der Waals surface area contributed by atoms with Crippen molar-refractivity contribution in [3.63, 3.8) is 0 Å². The number of aliphatic imine (C=N–C) groups is 1. The van der Waals surface area contributed by atoms with Crippen LogP contribution in [0.25, 0.3) is 0 Å². The predicted octanol–water partition coefficient (Wildman–Crippen LogP) is 2.23. The summed E-state index contributed by atoms with van der Waals surface area (Å²) in [6, 6.07) is 3.64. The molecule has 0 aromatic heterocycles. The van der Waals surface area contributed by atoms with Crippen LogP contribution in [-0.4, -0.2) is 24.8 Å². The van der Waals surface area contributed by atoms with Crippen molar-refractivity contribution < 1.29 is 18.3 Å². The van der Waals surface area contributed by atoms with E-state index in [1.165, 1.54) is 6.07 Å². The van der Waals surface area contributed by atoms with Gasteiger partial charge in [0.15, 0.2) is 11.6 Å². The number of amidine groups is 1. The number of hydrogen-bond donors (Lipinski definition) is 1. The average molecular weight is 270 g/mol. The molecule has 1 aromatic rings. The topological polar surface area (TPSA) is 56.8 Å². The van der Waals surface area contributed by atoms with Gasteiger partial charge in [0.1, 0.15) is 18.5 Å². The Morgan fingerprint density at radius 3 is 2.84 bits per heavy atom. The van der Waals surface area contributed by atoms with Gasteiger partial charge >= 0.3 is 0 Å². The Balaban J connectivity index is 1.96. The van der Waals surface area contributed by atoms with Crippen molar-refractivity contribution in [3.8, 4) is 5.75 Å². The number of benzene rings is 1. The van der Waals surface area contributed by atoms with E-state index < -0.39 is 11.6 Å². The number of nitrogens with two attached hydrogens (primary N) is 1. The lowest BCUT2D eigenvalue weighted by atomic mass is 10.1. The number of ether oxygens (including phenoxy) is 2. The van der Waals surface area contributed by atoms with E-state index in [-0.39, 0.29) is 18.2 Å². The Bertz CT molecular complexity index is 480. The van der Waals surface area contributed by atoms with Crippen molar-refractivity contribution in [2.24, 2.45) is 10.7 Å². The number of halogens is 2. The summed E-state index contributed by atoms with van der Waals surface area (Å²) >= 11 is 0. The van der Waals surface area contributed by atoms with Crippen LogP contribution in [0.5, 0.6) is 5.75 Å².